The molecule has 6 nitrogen and oxygen atoms in total. The summed E-state index contributed by atoms with van der Waals surface area (Å²) in [6.07, 6.45) is 89.6. The third kappa shape index (κ3) is 67.8. The van der Waals surface area contributed by atoms with Gasteiger partial charge in [0.1, 0.15) is 13.2 Å². The molecule has 0 aliphatic rings. The summed E-state index contributed by atoms with van der Waals surface area (Å²) in [5.74, 6) is -0.862. The predicted molar refractivity (Wildman–Crippen MR) is 353 cm³/mol. The van der Waals surface area contributed by atoms with Gasteiger partial charge in [0.05, 0.1) is 0 Å². The number of carbonyl (C=O) groups excluding carboxylic acids is 3. The first kappa shape index (κ1) is 78.1. The first-order chi connectivity index (χ1) is 40.0. The van der Waals surface area contributed by atoms with Crippen molar-refractivity contribution in [3.8, 4) is 0 Å². The minimum absolute atomic E-state index is 0.0749. The van der Waals surface area contributed by atoms with E-state index in [2.05, 4.69) is 81.5 Å². The number of ether oxygens (including phenoxy) is 3. The quantitative estimate of drug-likeness (QED) is 0.0261. The normalized spacial score (nSPS) is 12.4. The van der Waals surface area contributed by atoms with Crippen molar-refractivity contribution < 1.29 is 28.6 Å². The number of allylic oxidation sites excluding steroid dienone is 10. The summed E-state index contributed by atoms with van der Waals surface area (Å²) in [7, 11) is 0. The number of hydrogen-bond acceptors (Lipinski definition) is 6. The molecule has 0 aliphatic heterocycles. The molecule has 0 fully saturated rings. The van der Waals surface area contributed by atoms with Crippen molar-refractivity contribution in [2.24, 2.45) is 0 Å². The standard InChI is InChI=1S/C75H136O6/c1-4-7-10-13-16-19-22-25-28-31-34-36-37-38-40-41-44-47-50-53-56-59-62-65-68-74(77)80-71-72(70-79-73(76)67-64-61-58-55-52-49-46-43-33-30-27-24-21-18-15-12-9-6-3)81-75(78)69-66-63-60-57-54-51-48-45-42-39-35-32-29-26-23-20-17-14-11-8-5-2/h8,11,17,20,26,29-30,33,35,39,72H,4-7,9-10,12-16,18-19,21-25,27-28,31-32,34,36-38,40-71H2,1-3H3/b11-8-,20-17-,29-26-,33-30-,39-35-. The van der Waals surface area contributed by atoms with E-state index in [9.17, 15) is 14.4 Å². The topological polar surface area (TPSA) is 78.9 Å². The second kappa shape index (κ2) is 69.6. The lowest BCUT2D eigenvalue weighted by Gasteiger charge is -2.18. The van der Waals surface area contributed by atoms with E-state index >= 15 is 0 Å². The molecule has 0 N–H and O–H groups in total. The smallest absolute Gasteiger partial charge is 0.306 e. The third-order valence-electron chi connectivity index (χ3n) is 16.0. The Labute approximate surface area is 504 Å². The summed E-state index contributed by atoms with van der Waals surface area (Å²) >= 11 is 0. The average Bonchev–Trinajstić information content (AvgIpc) is 3.47. The van der Waals surface area contributed by atoms with Crippen LogP contribution in [0.3, 0.4) is 0 Å². The van der Waals surface area contributed by atoms with E-state index in [-0.39, 0.29) is 31.1 Å². The van der Waals surface area contributed by atoms with Crippen molar-refractivity contribution in [3.63, 3.8) is 0 Å². The Morgan fingerprint density at radius 1 is 0.259 bits per heavy atom. The highest BCUT2D eigenvalue weighted by atomic mass is 16.6. The van der Waals surface area contributed by atoms with Crippen LogP contribution in [0.5, 0.6) is 0 Å². The van der Waals surface area contributed by atoms with E-state index < -0.39 is 6.10 Å². The molecule has 0 saturated carbocycles. The van der Waals surface area contributed by atoms with Crippen molar-refractivity contribution >= 4 is 17.9 Å². The highest BCUT2D eigenvalue weighted by Gasteiger charge is 2.19. The average molecular weight is 1130 g/mol. The maximum Gasteiger partial charge on any atom is 0.306 e. The zero-order valence-corrected chi connectivity index (χ0v) is 54.3. The molecular formula is C75H136O6. The van der Waals surface area contributed by atoms with Crippen molar-refractivity contribution in [1.82, 2.24) is 0 Å². The van der Waals surface area contributed by atoms with Crippen LogP contribution in [0.4, 0.5) is 0 Å². The van der Waals surface area contributed by atoms with Crippen LogP contribution < -0.4 is 0 Å². The van der Waals surface area contributed by atoms with Gasteiger partial charge in [0.2, 0.25) is 0 Å². The van der Waals surface area contributed by atoms with Crippen molar-refractivity contribution in [2.45, 2.75) is 386 Å². The fourth-order valence-corrected chi connectivity index (χ4v) is 10.7. The summed E-state index contributed by atoms with van der Waals surface area (Å²) in [6, 6.07) is 0. The zero-order valence-electron chi connectivity index (χ0n) is 54.3. The molecule has 1 unspecified atom stereocenters. The molecule has 472 valence electrons. The minimum Gasteiger partial charge on any atom is -0.462 e. The van der Waals surface area contributed by atoms with Gasteiger partial charge in [-0.05, 0) is 83.5 Å². The highest BCUT2D eigenvalue weighted by Crippen LogP contribution is 2.18. The Kier molecular flexibility index (Phi) is 67.1. The highest BCUT2D eigenvalue weighted by molar-refractivity contribution is 5.71. The fraction of sp³-hybridized carbons (Fsp3) is 0.827. The molecule has 81 heavy (non-hydrogen) atoms. The van der Waals surface area contributed by atoms with Gasteiger partial charge in [-0.25, -0.2) is 0 Å². The van der Waals surface area contributed by atoms with Crippen LogP contribution in [0.25, 0.3) is 0 Å². The largest absolute Gasteiger partial charge is 0.462 e. The second-order valence-electron chi connectivity index (χ2n) is 24.1. The molecular weight excluding hydrogens is 997 g/mol. The summed E-state index contributed by atoms with van der Waals surface area (Å²) in [6.45, 7) is 6.59. The molecule has 0 spiro atoms. The summed E-state index contributed by atoms with van der Waals surface area (Å²) < 4.78 is 17.0. The van der Waals surface area contributed by atoms with E-state index in [0.29, 0.717) is 19.3 Å². The first-order valence-corrected chi connectivity index (χ1v) is 35.8. The summed E-state index contributed by atoms with van der Waals surface area (Å²) in [5.41, 5.74) is 0. The number of carbonyl (C=O) groups is 3. The van der Waals surface area contributed by atoms with Gasteiger partial charge in [-0.2, -0.15) is 0 Å². The molecule has 0 radical (unpaired) electrons. The van der Waals surface area contributed by atoms with Crippen LogP contribution in [0.2, 0.25) is 0 Å². The molecule has 0 aromatic rings. The van der Waals surface area contributed by atoms with E-state index in [1.807, 2.05) is 0 Å². The lowest BCUT2D eigenvalue weighted by molar-refractivity contribution is -0.167. The van der Waals surface area contributed by atoms with Crippen molar-refractivity contribution in [1.29, 1.82) is 0 Å². The van der Waals surface area contributed by atoms with Gasteiger partial charge in [0.15, 0.2) is 6.10 Å². The van der Waals surface area contributed by atoms with Gasteiger partial charge in [-0.3, -0.25) is 14.4 Å². The van der Waals surface area contributed by atoms with E-state index in [0.717, 1.165) is 89.9 Å². The van der Waals surface area contributed by atoms with Gasteiger partial charge in [-0.15, -0.1) is 0 Å². The summed E-state index contributed by atoms with van der Waals surface area (Å²) in [4.78, 5) is 38.5. The Bertz CT molecular complexity index is 1440. The number of hydrogen-bond donors (Lipinski definition) is 0. The molecule has 0 heterocycles. The van der Waals surface area contributed by atoms with Crippen LogP contribution >= 0.6 is 0 Å². The maximum absolute atomic E-state index is 13.0. The number of unbranched alkanes of at least 4 members (excludes halogenated alkanes) is 45. The van der Waals surface area contributed by atoms with Gasteiger partial charge >= 0.3 is 17.9 Å². The fourth-order valence-electron chi connectivity index (χ4n) is 10.7. The molecule has 0 aliphatic carbocycles. The molecule has 0 rings (SSSR count). The van der Waals surface area contributed by atoms with Crippen molar-refractivity contribution in [3.05, 3.63) is 60.8 Å². The van der Waals surface area contributed by atoms with Crippen LogP contribution in [0, 0.1) is 0 Å². The Morgan fingerprint density at radius 3 is 0.765 bits per heavy atom. The SMILES string of the molecule is CC/C=C\C/C=C\C/C=C\C/C=C\CCCCCCCCCCC(=O)OC(COC(=O)CCCCCCCCC/C=C\CCCCCCCCC)COC(=O)CCCCCCCCCCCCCCCCCCCCCCCCCC. The van der Waals surface area contributed by atoms with Crippen molar-refractivity contribution in [2.75, 3.05) is 13.2 Å². The van der Waals surface area contributed by atoms with Gasteiger partial charge in [0.25, 0.3) is 0 Å². The van der Waals surface area contributed by atoms with Crippen LogP contribution in [-0.2, 0) is 28.6 Å². The monoisotopic (exact) mass is 1130 g/mol. The molecule has 0 aromatic carbocycles. The maximum atomic E-state index is 13.0. The lowest BCUT2D eigenvalue weighted by Crippen LogP contribution is -2.30. The lowest BCUT2D eigenvalue weighted by atomic mass is 10.0. The first-order valence-electron chi connectivity index (χ1n) is 35.8. The second-order valence-corrected chi connectivity index (χ2v) is 24.1. The van der Waals surface area contributed by atoms with Gasteiger partial charge in [-0.1, -0.05) is 338 Å². The predicted octanol–water partition coefficient (Wildman–Crippen LogP) is 24.7. The zero-order chi connectivity index (χ0) is 58.5. The van der Waals surface area contributed by atoms with E-state index in [4.69, 9.17) is 14.2 Å². The molecule has 6 heteroatoms. The summed E-state index contributed by atoms with van der Waals surface area (Å²) in [5, 5.41) is 0. The van der Waals surface area contributed by atoms with Crippen LogP contribution in [-0.4, -0.2) is 37.2 Å². The van der Waals surface area contributed by atoms with Gasteiger partial charge < -0.3 is 14.2 Å². The Balaban J connectivity index is 4.33. The number of esters is 3. The van der Waals surface area contributed by atoms with E-state index in [1.54, 1.807) is 0 Å². The Morgan fingerprint density at radius 2 is 0.481 bits per heavy atom. The molecule has 0 aromatic heterocycles. The molecule has 0 bridgehead atoms. The third-order valence-corrected chi connectivity index (χ3v) is 16.0. The molecule has 0 amide bonds. The van der Waals surface area contributed by atoms with E-state index in [1.165, 1.54) is 250 Å². The van der Waals surface area contributed by atoms with Crippen LogP contribution in [0.1, 0.15) is 380 Å². The van der Waals surface area contributed by atoms with Gasteiger partial charge in [0, 0.05) is 19.3 Å². The molecule has 0 saturated heterocycles. The number of rotatable bonds is 66. The Hall–Kier alpha value is -2.89. The minimum atomic E-state index is -0.781. The van der Waals surface area contributed by atoms with Crippen LogP contribution in [0.15, 0.2) is 60.8 Å². The molecule has 1 atom stereocenters.